The first kappa shape index (κ1) is 13.9. The van der Waals surface area contributed by atoms with Crippen LogP contribution in [0.5, 0.6) is 0 Å². The molecule has 0 N–H and O–H groups in total. The fourth-order valence-corrected chi connectivity index (χ4v) is 2.24. The molecule has 0 aromatic carbocycles. The van der Waals surface area contributed by atoms with Gasteiger partial charge in [0.25, 0.3) is 5.91 Å². The highest BCUT2D eigenvalue weighted by Gasteiger charge is 2.27. The molecule has 106 valence electrons. The van der Waals surface area contributed by atoms with Crippen LogP contribution in [0.3, 0.4) is 0 Å². The van der Waals surface area contributed by atoms with Crippen molar-refractivity contribution in [3.05, 3.63) is 11.8 Å². The second kappa shape index (κ2) is 6.56. The molecule has 19 heavy (non-hydrogen) atoms. The highest BCUT2D eigenvalue weighted by atomic mass is 16.5. The van der Waals surface area contributed by atoms with E-state index in [2.05, 4.69) is 0 Å². The molecule has 0 radical (unpaired) electrons. The lowest BCUT2D eigenvalue weighted by Gasteiger charge is -2.35. The second-order valence-corrected chi connectivity index (χ2v) is 4.67. The summed E-state index contributed by atoms with van der Waals surface area (Å²) in [5.41, 5.74) is 0. The van der Waals surface area contributed by atoms with Crippen LogP contribution in [-0.4, -0.2) is 68.1 Å². The fraction of sp³-hybridized carbons (Fsp3) is 0.692. The van der Waals surface area contributed by atoms with Gasteiger partial charge in [-0.3, -0.25) is 9.59 Å². The molecular formula is C13H20N2O4. The largest absolute Gasteiger partial charge is 0.488 e. The minimum Gasteiger partial charge on any atom is -0.488 e. The van der Waals surface area contributed by atoms with E-state index in [1.165, 1.54) is 7.11 Å². The van der Waals surface area contributed by atoms with Crippen LogP contribution in [0.25, 0.3) is 0 Å². The van der Waals surface area contributed by atoms with Crippen LogP contribution in [0.15, 0.2) is 11.8 Å². The summed E-state index contributed by atoms with van der Waals surface area (Å²) >= 11 is 0. The zero-order chi connectivity index (χ0) is 13.7. The summed E-state index contributed by atoms with van der Waals surface area (Å²) in [5.74, 6) is 0.379. The quantitative estimate of drug-likeness (QED) is 0.723. The summed E-state index contributed by atoms with van der Waals surface area (Å²) in [6, 6.07) is 0. The summed E-state index contributed by atoms with van der Waals surface area (Å²) in [7, 11) is 1.50. The molecule has 0 atom stereocenters. The van der Waals surface area contributed by atoms with E-state index in [-0.39, 0.29) is 18.4 Å². The number of carbonyl (C=O) groups is 2. The van der Waals surface area contributed by atoms with Gasteiger partial charge in [0.2, 0.25) is 5.91 Å². The standard InChI is InChI=1S/C13H20N2O4/c1-18-10-12(16)14-5-7-15(8-6-14)13(17)11-4-2-3-9-19-11/h4H,2-3,5-10H2,1H3. The topological polar surface area (TPSA) is 59.1 Å². The van der Waals surface area contributed by atoms with Crippen molar-refractivity contribution in [2.24, 2.45) is 0 Å². The third-order valence-corrected chi connectivity index (χ3v) is 3.33. The van der Waals surface area contributed by atoms with Crippen LogP contribution >= 0.6 is 0 Å². The lowest BCUT2D eigenvalue weighted by Crippen LogP contribution is -2.51. The molecule has 0 aromatic rings. The molecule has 1 saturated heterocycles. The lowest BCUT2D eigenvalue weighted by atomic mass is 10.2. The minimum absolute atomic E-state index is 0.0252. The van der Waals surface area contributed by atoms with Crippen LogP contribution in [0.4, 0.5) is 0 Å². The first-order valence-corrected chi connectivity index (χ1v) is 6.61. The van der Waals surface area contributed by atoms with Crippen molar-refractivity contribution < 1.29 is 19.1 Å². The van der Waals surface area contributed by atoms with Crippen LogP contribution in [0.1, 0.15) is 12.8 Å². The molecule has 6 nitrogen and oxygen atoms in total. The van der Waals surface area contributed by atoms with Crippen molar-refractivity contribution >= 4 is 11.8 Å². The Labute approximate surface area is 112 Å². The molecule has 0 aliphatic carbocycles. The number of nitrogens with zero attached hydrogens (tertiary/aromatic N) is 2. The zero-order valence-electron chi connectivity index (χ0n) is 11.3. The molecule has 0 aromatic heterocycles. The molecule has 0 bridgehead atoms. The van der Waals surface area contributed by atoms with Crippen LogP contribution in [-0.2, 0) is 19.1 Å². The molecule has 2 heterocycles. The number of amides is 2. The summed E-state index contributed by atoms with van der Waals surface area (Å²) in [5, 5.41) is 0. The number of piperazine rings is 1. The van der Waals surface area contributed by atoms with E-state index in [0.29, 0.717) is 38.5 Å². The number of carbonyl (C=O) groups excluding carboxylic acids is 2. The van der Waals surface area contributed by atoms with Gasteiger partial charge in [0, 0.05) is 33.3 Å². The van der Waals surface area contributed by atoms with Gasteiger partial charge >= 0.3 is 0 Å². The fourth-order valence-electron chi connectivity index (χ4n) is 2.24. The van der Waals surface area contributed by atoms with Crippen molar-refractivity contribution in [1.82, 2.24) is 9.80 Å². The van der Waals surface area contributed by atoms with Gasteiger partial charge in [-0.1, -0.05) is 0 Å². The van der Waals surface area contributed by atoms with Crippen molar-refractivity contribution in [3.63, 3.8) is 0 Å². The van der Waals surface area contributed by atoms with Gasteiger partial charge in [0.15, 0.2) is 5.76 Å². The monoisotopic (exact) mass is 268 g/mol. The van der Waals surface area contributed by atoms with Gasteiger partial charge < -0.3 is 19.3 Å². The zero-order valence-corrected chi connectivity index (χ0v) is 11.3. The molecule has 0 unspecified atom stereocenters. The lowest BCUT2D eigenvalue weighted by molar-refractivity contribution is -0.141. The van der Waals surface area contributed by atoms with Gasteiger partial charge in [0.1, 0.15) is 6.61 Å². The number of allylic oxidation sites excluding steroid dienone is 1. The maximum Gasteiger partial charge on any atom is 0.288 e. The van der Waals surface area contributed by atoms with Crippen molar-refractivity contribution in [1.29, 1.82) is 0 Å². The Morgan fingerprint density at radius 1 is 1.26 bits per heavy atom. The molecule has 2 aliphatic rings. The highest BCUT2D eigenvalue weighted by molar-refractivity contribution is 5.91. The molecule has 2 amide bonds. The SMILES string of the molecule is COCC(=O)N1CCN(C(=O)C2=CCCCO2)CC1. The van der Waals surface area contributed by atoms with Crippen molar-refractivity contribution in [2.45, 2.75) is 12.8 Å². The first-order chi connectivity index (χ1) is 9.22. The molecule has 0 saturated carbocycles. The maximum atomic E-state index is 12.2. The van der Waals surface area contributed by atoms with Gasteiger partial charge in [-0.15, -0.1) is 0 Å². The van der Waals surface area contributed by atoms with E-state index in [0.717, 1.165) is 12.8 Å². The predicted molar refractivity (Wildman–Crippen MR) is 68.3 cm³/mol. The van der Waals surface area contributed by atoms with E-state index in [1.54, 1.807) is 9.80 Å². The summed E-state index contributed by atoms with van der Waals surface area (Å²) in [4.78, 5) is 27.3. The van der Waals surface area contributed by atoms with Gasteiger partial charge in [-0.2, -0.15) is 0 Å². The van der Waals surface area contributed by atoms with Gasteiger partial charge in [-0.05, 0) is 18.9 Å². The number of ether oxygens (including phenoxy) is 2. The van der Waals surface area contributed by atoms with Gasteiger partial charge in [0.05, 0.1) is 6.61 Å². The van der Waals surface area contributed by atoms with Gasteiger partial charge in [-0.25, -0.2) is 0 Å². The molecule has 6 heteroatoms. The second-order valence-electron chi connectivity index (χ2n) is 4.67. The van der Waals surface area contributed by atoms with Crippen molar-refractivity contribution in [2.75, 3.05) is 46.5 Å². The van der Waals surface area contributed by atoms with Crippen LogP contribution in [0, 0.1) is 0 Å². The van der Waals surface area contributed by atoms with E-state index in [4.69, 9.17) is 9.47 Å². The predicted octanol–water partition coefficient (Wildman–Crippen LogP) is -0.00210. The Morgan fingerprint density at radius 3 is 2.53 bits per heavy atom. The molecule has 2 aliphatic heterocycles. The number of rotatable bonds is 3. The number of hydrogen-bond acceptors (Lipinski definition) is 4. The van der Waals surface area contributed by atoms with E-state index < -0.39 is 0 Å². The third-order valence-electron chi connectivity index (χ3n) is 3.33. The Morgan fingerprint density at radius 2 is 1.95 bits per heavy atom. The molecule has 1 fully saturated rings. The van der Waals surface area contributed by atoms with Crippen LogP contribution < -0.4 is 0 Å². The normalized spacial score (nSPS) is 19.7. The Kier molecular flexibility index (Phi) is 4.79. The summed E-state index contributed by atoms with van der Waals surface area (Å²) < 4.78 is 10.2. The van der Waals surface area contributed by atoms with Crippen LogP contribution in [0.2, 0.25) is 0 Å². The van der Waals surface area contributed by atoms with E-state index in [9.17, 15) is 9.59 Å². The van der Waals surface area contributed by atoms with Crippen molar-refractivity contribution in [3.8, 4) is 0 Å². The Balaban J connectivity index is 1.84. The molecular weight excluding hydrogens is 248 g/mol. The number of methoxy groups -OCH3 is 1. The smallest absolute Gasteiger partial charge is 0.288 e. The first-order valence-electron chi connectivity index (χ1n) is 6.61. The minimum atomic E-state index is -0.0569. The number of hydrogen-bond donors (Lipinski definition) is 0. The van der Waals surface area contributed by atoms with E-state index >= 15 is 0 Å². The summed E-state index contributed by atoms with van der Waals surface area (Å²) in [6.45, 7) is 2.93. The third kappa shape index (κ3) is 3.47. The summed E-state index contributed by atoms with van der Waals surface area (Å²) in [6.07, 6.45) is 3.72. The maximum absolute atomic E-state index is 12.2. The Bertz CT molecular complexity index is 373. The average Bonchev–Trinajstić information content (AvgIpc) is 2.48. The Hall–Kier alpha value is -1.56. The molecule has 2 rings (SSSR count). The highest BCUT2D eigenvalue weighted by Crippen LogP contribution is 2.14. The van der Waals surface area contributed by atoms with E-state index in [1.807, 2.05) is 6.08 Å². The average molecular weight is 268 g/mol. The molecule has 0 spiro atoms.